The molecule has 1 N–H and O–H groups in total. The van der Waals surface area contributed by atoms with Crippen LogP contribution in [0.4, 0.5) is 0 Å². The molecule has 13 heavy (non-hydrogen) atoms. The molecule has 0 aromatic rings. The fourth-order valence-electron chi connectivity index (χ4n) is 1.91. The number of hydrogen-bond donors (Lipinski definition) is 1. The van der Waals surface area contributed by atoms with Crippen molar-refractivity contribution in [3.63, 3.8) is 0 Å². The Labute approximate surface area is 82.0 Å². The van der Waals surface area contributed by atoms with E-state index in [4.69, 9.17) is 0 Å². The first-order valence-electron chi connectivity index (χ1n) is 5.46. The molecule has 1 aliphatic heterocycles. The lowest BCUT2D eigenvalue weighted by atomic mass is 9.97. The van der Waals surface area contributed by atoms with Crippen molar-refractivity contribution in [3.05, 3.63) is 0 Å². The number of nitrogens with zero attached hydrogens (tertiary/aromatic N) is 1. The van der Waals surface area contributed by atoms with Crippen molar-refractivity contribution in [2.24, 2.45) is 5.92 Å². The van der Waals surface area contributed by atoms with E-state index < -0.39 is 0 Å². The van der Waals surface area contributed by atoms with E-state index in [9.17, 15) is 0 Å². The van der Waals surface area contributed by atoms with E-state index >= 15 is 0 Å². The second-order valence-corrected chi connectivity index (χ2v) is 4.41. The Morgan fingerprint density at radius 3 is 2.69 bits per heavy atom. The molecule has 2 heteroatoms. The second kappa shape index (κ2) is 4.64. The minimum absolute atomic E-state index is 0.619. The van der Waals surface area contributed by atoms with Crippen molar-refractivity contribution >= 4 is 6.34 Å². The highest BCUT2D eigenvalue weighted by molar-refractivity contribution is 5.50. The van der Waals surface area contributed by atoms with E-state index in [0.29, 0.717) is 12.1 Å². The summed E-state index contributed by atoms with van der Waals surface area (Å²) in [5.41, 5.74) is 0. The average Bonchev–Trinajstić information content (AvgIpc) is 2.43. The molecule has 1 aliphatic rings. The first kappa shape index (κ1) is 10.6. The van der Waals surface area contributed by atoms with Crippen molar-refractivity contribution in [2.45, 2.75) is 52.1 Å². The van der Waals surface area contributed by atoms with Gasteiger partial charge in [-0.1, -0.05) is 20.3 Å². The second-order valence-electron chi connectivity index (χ2n) is 4.41. The minimum Gasteiger partial charge on any atom is -0.274 e. The maximum Gasteiger partial charge on any atom is 0.232 e. The lowest BCUT2D eigenvalue weighted by molar-refractivity contribution is -0.528. The van der Waals surface area contributed by atoms with E-state index in [-0.39, 0.29) is 0 Å². The van der Waals surface area contributed by atoms with Crippen LogP contribution in [0.3, 0.4) is 0 Å². The first-order valence-corrected chi connectivity index (χ1v) is 5.46. The summed E-state index contributed by atoms with van der Waals surface area (Å²) in [4.78, 5) is 0. The van der Waals surface area contributed by atoms with Gasteiger partial charge in [-0.05, 0) is 25.7 Å². The summed E-state index contributed by atoms with van der Waals surface area (Å²) in [7, 11) is 2.16. The molecule has 3 unspecified atom stereocenters. The predicted molar refractivity (Wildman–Crippen MR) is 57.3 cm³/mol. The third-order valence-electron chi connectivity index (χ3n) is 3.29. The van der Waals surface area contributed by atoms with Gasteiger partial charge in [0.1, 0.15) is 12.1 Å². The molecule has 1 rings (SSSR count). The van der Waals surface area contributed by atoms with Crippen LogP contribution in [0.25, 0.3) is 0 Å². The van der Waals surface area contributed by atoms with Crippen LogP contribution in [0.1, 0.15) is 40.0 Å². The molecule has 0 fully saturated rings. The van der Waals surface area contributed by atoms with Crippen molar-refractivity contribution in [2.75, 3.05) is 7.05 Å². The zero-order chi connectivity index (χ0) is 9.84. The summed E-state index contributed by atoms with van der Waals surface area (Å²) in [6.45, 7) is 6.88. The van der Waals surface area contributed by atoms with Gasteiger partial charge in [0.05, 0.1) is 7.05 Å². The average molecular weight is 183 g/mol. The highest BCUT2D eigenvalue weighted by Gasteiger charge is 2.29. The van der Waals surface area contributed by atoms with Crippen LogP contribution in [-0.4, -0.2) is 30.0 Å². The van der Waals surface area contributed by atoms with E-state index in [1.54, 1.807) is 0 Å². The molecule has 0 saturated carbocycles. The van der Waals surface area contributed by atoms with E-state index in [1.807, 2.05) is 0 Å². The predicted octanol–water partition coefficient (Wildman–Crippen LogP) is 1.84. The topological polar surface area (TPSA) is 15.0 Å². The van der Waals surface area contributed by atoms with Gasteiger partial charge < -0.3 is 0 Å². The fraction of sp³-hybridized carbons (Fsp3) is 0.909. The molecule has 0 aromatic heterocycles. The quantitative estimate of drug-likeness (QED) is 0.657. The van der Waals surface area contributed by atoms with Crippen LogP contribution in [0.5, 0.6) is 0 Å². The molecule has 3 atom stereocenters. The molecule has 0 saturated heterocycles. The monoisotopic (exact) mass is 183 g/mol. The Bertz CT molecular complexity index is 187. The highest BCUT2D eigenvalue weighted by atomic mass is 15.2. The van der Waals surface area contributed by atoms with Crippen LogP contribution < -0.4 is 5.32 Å². The van der Waals surface area contributed by atoms with Gasteiger partial charge in [-0.3, -0.25) is 9.89 Å². The van der Waals surface area contributed by atoms with E-state index in [2.05, 4.69) is 44.0 Å². The van der Waals surface area contributed by atoms with Crippen molar-refractivity contribution in [1.29, 1.82) is 0 Å². The van der Waals surface area contributed by atoms with Crippen LogP contribution in [0, 0.1) is 5.92 Å². The van der Waals surface area contributed by atoms with Crippen LogP contribution >= 0.6 is 0 Å². The van der Waals surface area contributed by atoms with Gasteiger partial charge in [-0.15, -0.1) is 0 Å². The van der Waals surface area contributed by atoms with Crippen LogP contribution in [0.2, 0.25) is 0 Å². The number of nitrogens with one attached hydrogen (secondary N) is 1. The molecule has 2 nitrogen and oxygen atoms in total. The molecule has 0 amide bonds. The van der Waals surface area contributed by atoms with Gasteiger partial charge in [0.25, 0.3) is 0 Å². The normalized spacial score (nSPS) is 29.7. The molecule has 0 aromatic carbocycles. The van der Waals surface area contributed by atoms with E-state index in [1.165, 1.54) is 19.3 Å². The molecule has 0 aliphatic carbocycles. The molecule has 1 heterocycles. The van der Waals surface area contributed by atoms with Crippen molar-refractivity contribution in [1.82, 2.24) is 5.32 Å². The Kier molecular flexibility index (Phi) is 3.76. The Morgan fingerprint density at radius 1 is 1.54 bits per heavy atom. The third-order valence-corrected chi connectivity index (χ3v) is 3.29. The highest BCUT2D eigenvalue weighted by Crippen LogP contribution is 2.15. The molecular weight excluding hydrogens is 160 g/mol. The Balaban J connectivity index is 2.32. The summed E-state index contributed by atoms with van der Waals surface area (Å²) in [5, 5.41) is 3.36. The molecule has 0 bridgehead atoms. The maximum atomic E-state index is 3.36. The summed E-state index contributed by atoms with van der Waals surface area (Å²) in [6.07, 6.45) is 6.08. The van der Waals surface area contributed by atoms with E-state index in [0.717, 1.165) is 5.92 Å². The maximum absolute atomic E-state index is 3.36. The smallest absolute Gasteiger partial charge is 0.232 e. The van der Waals surface area contributed by atoms with Gasteiger partial charge in [-0.25, -0.2) is 0 Å². The van der Waals surface area contributed by atoms with Crippen molar-refractivity contribution < 1.29 is 4.58 Å². The number of rotatable bonds is 4. The Hall–Kier alpha value is -0.530. The van der Waals surface area contributed by atoms with Crippen LogP contribution in [0.15, 0.2) is 0 Å². The number of likely N-dealkylation sites (N-methyl/N-ethyl adjacent to an activating group) is 1. The lowest BCUT2D eigenvalue weighted by Crippen LogP contribution is -2.32. The summed E-state index contributed by atoms with van der Waals surface area (Å²) in [6, 6.07) is 1.32. The SMILES string of the molecule is CCC(C)CCC1C(C)NC=[N+]1C. The fourth-order valence-corrected chi connectivity index (χ4v) is 1.91. The van der Waals surface area contributed by atoms with Crippen molar-refractivity contribution in [3.8, 4) is 0 Å². The van der Waals surface area contributed by atoms with Gasteiger partial charge in [0.15, 0.2) is 0 Å². The minimum atomic E-state index is 0.619. The summed E-state index contributed by atoms with van der Waals surface area (Å²) in [5.74, 6) is 0.876. The summed E-state index contributed by atoms with van der Waals surface area (Å²) >= 11 is 0. The van der Waals surface area contributed by atoms with Gasteiger partial charge in [-0.2, -0.15) is 0 Å². The Morgan fingerprint density at radius 2 is 2.23 bits per heavy atom. The molecular formula is C11H23N2+. The molecule has 0 radical (unpaired) electrons. The standard InChI is InChI=1S/C11H22N2/c1-5-9(2)6-7-11-10(3)12-8-13(11)4/h8-11H,5-7H2,1-4H3/p+1. The van der Waals surface area contributed by atoms with Gasteiger partial charge >= 0.3 is 0 Å². The zero-order valence-corrected chi connectivity index (χ0v) is 9.38. The first-order chi connectivity index (χ1) is 6.15. The molecule has 0 spiro atoms. The number of hydrogen-bond acceptors (Lipinski definition) is 1. The summed E-state index contributed by atoms with van der Waals surface area (Å²) < 4.78 is 2.31. The largest absolute Gasteiger partial charge is 0.274 e. The lowest BCUT2D eigenvalue weighted by Gasteiger charge is -2.15. The zero-order valence-electron chi connectivity index (χ0n) is 9.38. The van der Waals surface area contributed by atoms with Crippen LogP contribution in [-0.2, 0) is 0 Å². The third kappa shape index (κ3) is 2.71. The van der Waals surface area contributed by atoms with Gasteiger partial charge in [0.2, 0.25) is 6.34 Å². The van der Waals surface area contributed by atoms with Gasteiger partial charge in [0, 0.05) is 0 Å². The molecule has 76 valence electrons.